The van der Waals surface area contributed by atoms with Crippen LogP contribution < -0.4 is 15.2 Å². The van der Waals surface area contributed by atoms with Gasteiger partial charge in [0.25, 0.3) is 0 Å². The van der Waals surface area contributed by atoms with Crippen LogP contribution in [0.2, 0.25) is 5.02 Å². The van der Waals surface area contributed by atoms with Crippen LogP contribution in [0.3, 0.4) is 0 Å². The molecule has 0 saturated heterocycles. The van der Waals surface area contributed by atoms with Gasteiger partial charge in [-0.25, -0.2) is 0 Å². The summed E-state index contributed by atoms with van der Waals surface area (Å²) in [5, 5.41) is 0.382. The Morgan fingerprint density at radius 1 is 1.29 bits per heavy atom. The van der Waals surface area contributed by atoms with E-state index in [9.17, 15) is 4.79 Å². The molecular formula is C12H14ClNO3. The molecule has 0 bridgehead atoms. The van der Waals surface area contributed by atoms with Crippen molar-refractivity contribution >= 4 is 17.4 Å². The molecule has 1 aliphatic heterocycles. The van der Waals surface area contributed by atoms with Crippen molar-refractivity contribution in [3.63, 3.8) is 0 Å². The van der Waals surface area contributed by atoms with Crippen LogP contribution in [-0.2, 0) is 0 Å². The van der Waals surface area contributed by atoms with Crippen molar-refractivity contribution < 1.29 is 14.3 Å². The van der Waals surface area contributed by atoms with Gasteiger partial charge in [-0.15, -0.1) is 0 Å². The van der Waals surface area contributed by atoms with E-state index in [4.69, 9.17) is 26.8 Å². The first-order valence-corrected chi connectivity index (χ1v) is 5.92. The number of fused-ring (bicyclic) bond motifs is 1. The van der Waals surface area contributed by atoms with Crippen LogP contribution in [0.4, 0.5) is 0 Å². The molecule has 0 atom stereocenters. The highest BCUT2D eigenvalue weighted by Crippen LogP contribution is 2.35. The van der Waals surface area contributed by atoms with Crippen LogP contribution in [0.25, 0.3) is 0 Å². The van der Waals surface area contributed by atoms with E-state index < -0.39 is 0 Å². The Bertz CT molecular complexity index is 434. The minimum Gasteiger partial charge on any atom is -0.490 e. The molecule has 0 radical (unpaired) electrons. The van der Waals surface area contributed by atoms with Gasteiger partial charge < -0.3 is 15.2 Å². The summed E-state index contributed by atoms with van der Waals surface area (Å²) in [5.74, 6) is 1.09. The fourth-order valence-corrected chi connectivity index (χ4v) is 1.92. The largest absolute Gasteiger partial charge is 0.490 e. The Morgan fingerprint density at radius 2 is 1.94 bits per heavy atom. The first-order valence-electron chi connectivity index (χ1n) is 5.55. The second-order valence-electron chi connectivity index (χ2n) is 3.79. The minimum absolute atomic E-state index is 0.0758. The van der Waals surface area contributed by atoms with Crippen molar-refractivity contribution in [3.8, 4) is 11.5 Å². The zero-order valence-electron chi connectivity index (χ0n) is 9.37. The standard InChI is InChI=1S/C12H14ClNO3/c13-9-7-12-11(16-4-1-5-17-12)6-8(9)10(15)2-3-14/h6-7H,1-5,14H2. The summed E-state index contributed by atoms with van der Waals surface area (Å²) in [6.45, 7) is 1.49. The lowest BCUT2D eigenvalue weighted by Crippen LogP contribution is -2.09. The highest BCUT2D eigenvalue weighted by atomic mass is 35.5. The molecule has 92 valence electrons. The van der Waals surface area contributed by atoms with E-state index in [0.29, 0.717) is 41.8 Å². The molecule has 0 unspecified atom stereocenters. The van der Waals surface area contributed by atoms with Crippen LogP contribution >= 0.6 is 11.6 Å². The lowest BCUT2D eigenvalue weighted by Gasteiger charge is -2.10. The van der Waals surface area contributed by atoms with Crippen molar-refractivity contribution in [2.45, 2.75) is 12.8 Å². The van der Waals surface area contributed by atoms with E-state index in [-0.39, 0.29) is 12.2 Å². The fraction of sp³-hybridized carbons (Fsp3) is 0.417. The van der Waals surface area contributed by atoms with Crippen LogP contribution in [0, 0.1) is 0 Å². The van der Waals surface area contributed by atoms with Gasteiger partial charge in [-0.1, -0.05) is 11.6 Å². The average Bonchev–Trinajstić information content (AvgIpc) is 2.52. The number of benzene rings is 1. The number of hydrogen-bond acceptors (Lipinski definition) is 4. The third-order valence-corrected chi connectivity index (χ3v) is 2.82. The first kappa shape index (κ1) is 12.2. The van der Waals surface area contributed by atoms with Crippen molar-refractivity contribution in [3.05, 3.63) is 22.7 Å². The molecule has 0 spiro atoms. The molecule has 17 heavy (non-hydrogen) atoms. The summed E-state index contributed by atoms with van der Waals surface area (Å²) in [7, 11) is 0. The van der Waals surface area contributed by atoms with Gasteiger partial charge in [0.1, 0.15) is 0 Å². The zero-order valence-corrected chi connectivity index (χ0v) is 10.1. The van der Waals surface area contributed by atoms with Gasteiger partial charge in [0.05, 0.1) is 18.2 Å². The predicted molar refractivity (Wildman–Crippen MR) is 65.1 cm³/mol. The zero-order chi connectivity index (χ0) is 12.3. The number of rotatable bonds is 3. The van der Waals surface area contributed by atoms with E-state index in [0.717, 1.165) is 6.42 Å². The third kappa shape index (κ3) is 2.70. The Labute approximate surface area is 105 Å². The quantitative estimate of drug-likeness (QED) is 0.840. The van der Waals surface area contributed by atoms with Gasteiger partial charge in [0.15, 0.2) is 17.3 Å². The highest BCUT2D eigenvalue weighted by molar-refractivity contribution is 6.34. The second-order valence-corrected chi connectivity index (χ2v) is 4.20. The van der Waals surface area contributed by atoms with E-state index >= 15 is 0 Å². The van der Waals surface area contributed by atoms with Gasteiger partial charge in [0.2, 0.25) is 0 Å². The Balaban J connectivity index is 2.35. The van der Waals surface area contributed by atoms with E-state index in [1.165, 1.54) is 0 Å². The number of ether oxygens (including phenoxy) is 2. The number of ketones is 1. The van der Waals surface area contributed by atoms with E-state index in [1.807, 2.05) is 0 Å². The topological polar surface area (TPSA) is 61.6 Å². The average molecular weight is 256 g/mol. The molecule has 2 rings (SSSR count). The third-order valence-electron chi connectivity index (χ3n) is 2.51. The number of nitrogens with two attached hydrogens (primary N) is 1. The van der Waals surface area contributed by atoms with Gasteiger partial charge in [-0.3, -0.25) is 4.79 Å². The van der Waals surface area contributed by atoms with E-state index in [1.54, 1.807) is 12.1 Å². The summed E-state index contributed by atoms with van der Waals surface area (Å²) >= 11 is 6.05. The number of Topliss-reactive ketones (excluding diaryl/α,β-unsaturated/α-hetero) is 1. The molecule has 4 nitrogen and oxygen atoms in total. The maximum absolute atomic E-state index is 11.8. The molecule has 1 aromatic carbocycles. The van der Waals surface area contributed by atoms with Crippen molar-refractivity contribution in [1.82, 2.24) is 0 Å². The Kier molecular flexibility index (Phi) is 3.86. The van der Waals surface area contributed by atoms with E-state index in [2.05, 4.69) is 0 Å². The maximum atomic E-state index is 11.8. The van der Waals surface area contributed by atoms with Crippen LogP contribution in [0.5, 0.6) is 11.5 Å². The first-order chi connectivity index (χ1) is 8.22. The number of hydrogen-bond donors (Lipinski definition) is 1. The Hall–Kier alpha value is -1.26. The fourth-order valence-electron chi connectivity index (χ4n) is 1.66. The predicted octanol–water partition coefficient (Wildman–Crippen LogP) is 2.03. The van der Waals surface area contributed by atoms with Gasteiger partial charge in [-0.05, 0) is 12.6 Å². The summed E-state index contributed by atoms with van der Waals surface area (Å²) in [6.07, 6.45) is 1.09. The molecule has 0 fully saturated rings. The minimum atomic E-state index is -0.0758. The normalized spacial score (nSPS) is 14.2. The summed E-state index contributed by atoms with van der Waals surface area (Å²) < 4.78 is 11.0. The van der Waals surface area contributed by atoms with Gasteiger partial charge in [-0.2, -0.15) is 0 Å². The maximum Gasteiger partial charge on any atom is 0.165 e. The molecule has 0 aromatic heterocycles. The number of halogens is 1. The molecule has 1 aromatic rings. The highest BCUT2D eigenvalue weighted by Gasteiger charge is 2.17. The van der Waals surface area contributed by atoms with Crippen LogP contribution in [0.15, 0.2) is 12.1 Å². The van der Waals surface area contributed by atoms with Crippen molar-refractivity contribution in [2.24, 2.45) is 5.73 Å². The van der Waals surface area contributed by atoms with Crippen molar-refractivity contribution in [2.75, 3.05) is 19.8 Å². The summed E-state index contributed by atoms with van der Waals surface area (Å²) in [5.41, 5.74) is 5.81. The summed E-state index contributed by atoms with van der Waals surface area (Å²) in [4.78, 5) is 11.8. The van der Waals surface area contributed by atoms with Gasteiger partial charge in [0, 0.05) is 24.5 Å². The van der Waals surface area contributed by atoms with Crippen molar-refractivity contribution in [1.29, 1.82) is 0 Å². The molecule has 1 aliphatic rings. The molecular weight excluding hydrogens is 242 g/mol. The second kappa shape index (κ2) is 5.38. The lowest BCUT2D eigenvalue weighted by atomic mass is 10.1. The lowest BCUT2D eigenvalue weighted by molar-refractivity contribution is 0.0985. The SMILES string of the molecule is NCCC(=O)c1cc2c(cc1Cl)OCCCO2. The monoisotopic (exact) mass is 255 g/mol. The molecule has 0 aliphatic carbocycles. The molecule has 2 N–H and O–H groups in total. The molecule has 0 amide bonds. The van der Waals surface area contributed by atoms with Gasteiger partial charge >= 0.3 is 0 Å². The molecule has 0 saturated carbocycles. The number of carbonyl (C=O) groups is 1. The smallest absolute Gasteiger partial charge is 0.165 e. The summed E-state index contributed by atoms with van der Waals surface area (Å²) in [6, 6.07) is 3.27. The van der Waals surface area contributed by atoms with Crippen LogP contribution in [0.1, 0.15) is 23.2 Å². The Morgan fingerprint density at radius 3 is 2.59 bits per heavy atom. The van der Waals surface area contributed by atoms with Crippen LogP contribution in [-0.4, -0.2) is 25.5 Å². The molecule has 5 heteroatoms. The molecule has 1 heterocycles. The number of carbonyl (C=O) groups excluding carboxylic acids is 1.